The van der Waals surface area contributed by atoms with Gasteiger partial charge in [0.15, 0.2) is 0 Å². The Morgan fingerprint density at radius 1 is 1.32 bits per heavy atom. The van der Waals surface area contributed by atoms with Crippen LogP contribution in [0.25, 0.3) is 0 Å². The normalized spacial score (nSPS) is 11.7. The number of benzene rings is 1. The van der Waals surface area contributed by atoms with Gasteiger partial charge in [0.2, 0.25) is 0 Å². The zero-order chi connectivity index (χ0) is 14.4. The van der Waals surface area contributed by atoms with Crippen LogP contribution < -0.4 is 5.32 Å². The summed E-state index contributed by atoms with van der Waals surface area (Å²) in [5.41, 5.74) is 0.415. The Balaban J connectivity index is 2.90. The number of hydrogen-bond donors (Lipinski definition) is 2. The summed E-state index contributed by atoms with van der Waals surface area (Å²) >= 11 is 0. The first-order chi connectivity index (χ1) is 9.01. The number of nitrogens with one attached hydrogen (secondary N) is 1. The van der Waals surface area contributed by atoms with Gasteiger partial charge >= 0.3 is 12.0 Å². The maximum atomic E-state index is 12.1. The van der Waals surface area contributed by atoms with E-state index in [1.54, 1.807) is 23.1 Å². The van der Waals surface area contributed by atoms with Crippen molar-refractivity contribution < 1.29 is 14.7 Å². The third-order valence-electron chi connectivity index (χ3n) is 3.12. The van der Waals surface area contributed by atoms with Crippen molar-refractivity contribution in [3.63, 3.8) is 0 Å². The molecular weight excluding hydrogens is 244 g/mol. The van der Waals surface area contributed by atoms with Crippen LogP contribution in [0.5, 0.6) is 0 Å². The van der Waals surface area contributed by atoms with Crippen molar-refractivity contribution in [3.8, 4) is 0 Å². The summed E-state index contributed by atoms with van der Waals surface area (Å²) in [6.07, 6.45) is 0.849. The smallest absolute Gasteiger partial charge is 0.337 e. The predicted octanol–water partition coefficient (Wildman–Crippen LogP) is 3.04. The monoisotopic (exact) mass is 264 g/mol. The molecule has 1 aromatic carbocycles. The van der Waals surface area contributed by atoms with E-state index >= 15 is 0 Å². The van der Waals surface area contributed by atoms with E-state index in [9.17, 15) is 9.59 Å². The average Bonchev–Trinajstić information content (AvgIpc) is 2.39. The van der Waals surface area contributed by atoms with Gasteiger partial charge in [0.1, 0.15) is 0 Å². The Hall–Kier alpha value is -2.04. The summed E-state index contributed by atoms with van der Waals surface area (Å²) in [4.78, 5) is 24.9. The second kappa shape index (κ2) is 6.78. The number of carboxylic acids is 1. The first-order valence-corrected chi connectivity index (χ1v) is 6.41. The number of hydrogen-bond acceptors (Lipinski definition) is 2. The van der Waals surface area contributed by atoms with Crippen LogP contribution in [-0.4, -0.2) is 34.6 Å². The fourth-order valence-corrected chi connectivity index (χ4v) is 1.84. The number of rotatable bonds is 5. The van der Waals surface area contributed by atoms with Crippen LogP contribution in [0.1, 0.15) is 37.6 Å². The highest BCUT2D eigenvalue weighted by Crippen LogP contribution is 2.16. The predicted molar refractivity (Wildman–Crippen MR) is 74.6 cm³/mol. The van der Waals surface area contributed by atoms with Crippen LogP contribution in [0.4, 0.5) is 10.5 Å². The zero-order valence-corrected chi connectivity index (χ0v) is 11.5. The van der Waals surface area contributed by atoms with Crippen molar-refractivity contribution in [2.24, 2.45) is 0 Å². The molecule has 0 fully saturated rings. The number of carbonyl (C=O) groups is 2. The van der Waals surface area contributed by atoms with Gasteiger partial charge in [0.25, 0.3) is 0 Å². The second-order valence-electron chi connectivity index (χ2n) is 4.32. The van der Waals surface area contributed by atoms with E-state index in [2.05, 4.69) is 5.32 Å². The molecule has 0 saturated heterocycles. The molecule has 5 nitrogen and oxygen atoms in total. The summed E-state index contributed by atoms with van der Waals surface area (Å²) in [5.74, 6) is -1.05. The third-order valence-corrected chi connectivity index (χ3v) is 3.12. The van der Waals surface area contributed by atoms with Gasteiger partial charge in [-0.1, -0.05) is 19.1 Å². The van der Waals surface area contributed by atoms with E-state index in [4.69, 9.17) is 5.11 Å². The van der Waals surface area contributed by atoms with Crippen LogP contribution in [0.2, 0.25) is 0 Å². The van der Waals surface area contributed by atoms with Gasteiger partial charge in [-0.25, -0.2) is 9.59 Å². The summed E-state index contributed by atoms with van der Waals surface area (Å²) in [6.45, 7) is 6.45. The molecule has 0 aliphatic rings. The van der Waals surface area contributed by atoms with E-state index in [0.29, 0.717) is 12.2 Å². The molecule has 0 spiro atoms. The SMILES string of the molecule is CCC(C)N(CC)C(=O)Nc1ccccc1C(=O)O. The molecule has 1 aromatic rings. The van der Waals surface area contributed by atoms with Gasteiger partial charge in [-0.15, -0.1) is 0 Å². The molecule has 0 bridgehead atoms. The molecule has 2 N–H and O–H groups in total. The Labute approximate surface area is 113 Å². The van der Waals surface area contributed by atoms with Crippen molar-refractivity contribution in [1.29, 1.82) is 0 Å². The van der Waals surface area contributed by atoms with Crippen molar-refractivity contribution in [2.45, 2.75) is 33.2 Å². The molecule has 1 rings (SSSR count). The lowest BCUT2D eigenvalue weighted by atomic mass is 10.2. The molecule has 0 aromatic heterocycles. The van der Waals surface area contributed by atoms with Gasteiger partial charge < -0.3 is 15.3 Å². The van der Waals surface area contributed by atoms with Gasteiger partial charge in [0, 0.05) is 12.6 Å². The van der Waals surface area contributed by atoms with Crippen molar-refractivity contribution in [1.82, 2.24) is 4.90 Å². The molecule has 5 heteroatoms. The lowest BCUT2D eigenvalue weighted by Gasteiger charge is -2.27. The number of nitrogens with zero attached hydrogens (tertiary/aromatic N) is 1. The first kappa shape index (κ1) is 15.0. The number of aromatic carboxylic acids is 1. The van der Waals surface area contributed by atoms with E-state index in [-0.39, 0.29) is 17.6 Å². The molecule has 0 heterocycles. The lowest BCUT2D eigenvalue weighted by Crippen LogP contribution is -2.41. The molecule has 1 atom stereocenters. The Bertz CT molecular complexity index is 460. The minimum atomic E-state index is -1.05. The molecule has 0 aliphatic carbocycles. The topological polar surface area (TPSA) is 69.6 Å². The number of carboxylic acid groups (broad SMARTS) is 1. The highest BCUT2D eigenvalue weighted by Gasteiger charge is 2.19. The van der Waals surface area contributed by atoms with Crippen LogP contribution >= 0.6 is 0 Å². The fraction of sp³-hybridized carbons (Fsp3) is 0.429. The van der Waals surface area contributed by atoms with Crippen LogP contribution in [0, 0.1) is 0 Å². The first-order valence-electron chi connectivity index (χ1n) is 6.41. The summed E-state index contributed by atoms with van der Waals surface area (Å²) in [6, 6.07) is 6.23. The Morgan fingerprint density at radius 3 is 2.47 bits per heavy atom. The Morgan fingerprint density at radius 2 is 1.95 bits per heavy atom. The molecule has 104 valence electrons. The van der Waals surface area contributed by atoms with Gasteiger partial charge in [0.05, 0.1) is 11.3 Å². The largest absolute Gasteiger partial charge is 0.478 e. The minimum Gasteiger partial charge on any atom is -0.478 e. The van der Waals surface area contributed by atoms with Gasteiger partial charge in [-0.3, -0.25) is 0 Å². The fourth-order valence-electron chi connectivity index (χ4n) is 1.84. The standard InChI is InChI=1S/C14H20N2O3/c1-4-10(3)16(5-2)14(19)15-12-9-7-6-8-11(12)13(17)18/h6-10H,4-5H2,1-3H3,(H,15,19)(H,17,18). The number of amides is 2. The third kappa shape index (κ3) is 3.71. The highest BCUT2D eigenvalue weighted by molar-refractivity contribution is 6.00. The van der Waals surface area contributed by atoms with Gasteiger partial charge in [-0.2, -0.15) is 0 Å². The molecule has 19 heavy (non-hydrogen) atoms. The Kier molecular flexibility index (Phi) is 5.36. The molecule has 2 amide bonds. The summed E-state index contributed by atoms with van der Waals surface area (Å²) < 4.78 is 0. The zero-order valence-electron chi connectivity index (χ0n) is 11.5. The molecule has 0 radical (unpaired) electrons. The summed E-state index contributed by atoms with van der Waals surface area (Å²) in [5, 5.41) is 11.7. The number of carbonyl (C=O) groups excluding carboxylic acids is 1. The van der Waals surface area contributed by atoms with Crippen LogP contribution in [-0.2, 0) is 0 Å². The average molecular weight is 264 g/mol. The second-order valence-corrected chi connectivity index (χ2v) is 4.32. The van der Waals surface area contributed by atoms with Crippen molar-refractivity contribution in [3.05, 3.63) is 29.8 Å². The van der Waals surface area contributed by atoms with Gasteiger partial charge in [-0.05, 0) is 32.4 Å². The van der Waals surface area contributed by atoms with Crippen molar-refractivity contribution in [2.75, 3.05) is 11.9 Å². The van der Waals surface area contributed by atoms with E-state index in [1.165, 1.54) is 6.07 Å². The minimum absolute atomic E-state index is 0.0936. The maximum Gasteiger partial charge on any atom is 0.337 e. The number of para-hydroxylation sites is 1. The van der Waals surface area contributed by atoms with E-state index < -0.39 is 5.97 Å². The molecule has 0 saturated carbocycles. The summed E-state index contributed by atoms with van der Waals surface area (Å²) in [7, 11) is 0. The van der Waals surface area contributed by atoms with E-state index in [1.807, 2.05) is 20.8 Å². The highest BCUT2D eigenvalue weighted by atomic mass is 16.4. The van der Waals surface area contributed by atoms with Crippen molar-refractivity contribution >= 4 is 17.7 Å². The maximum absolute atomic E-state index is 12.1. The number of anilines is 1. The lowest BCUT2D eigenvalue weighted by molar-refractivity contribution is 0.0698. The van der Waals surface area contributed by atoms with Crippen LogP contribution in [0.3, 0.4) is 0 Å². The quantitative estimate of drug-likeness (QED) is 0.858. The molecule has 0 aliphatic heterocycles. The number of urea groups is 1. The molecular formula is C14H20N2O3. The van der Waals surface area contributed by atoms with Crippen LogP contribution in [0.15, 0.2) is 24.3 Å². The molecule has 1 unspecified atom stereocenters. The van der Waals surface area contributed by atoms with E-state index in [0.717, 1.165) is 6.42 Å².